The van der Waals surface area contributed by atoms with Gasteiger partial charge in [-0.05, 0) is 66.3 Å². The summed E-state index contributed by atoms with van der Waals surface area (Å²) in [5, 5.41) is 18.5. The minimum atomic E-state index is -1.02. The average Bonchev–Trinajstić information content (AvgIpc) is 3.21. The van der Waals surface area contributed by atoms with Crippen LogP contribution in [-0.2, 0) is 10.5 Å². The maximum atomic E-state index is 12.9. The Morgan fingerprint density at radius 1 is 1.12 bits per heavy atom. The Morgan fingerprint density at radius 2 is 1.88 bits per heavy atom. The molecule has 5 heteroatoms. The van der Waals surface area contributed by atoms with E-state index in [4.69, 9.17) is 21.5 Å². The van der Waals surface area contributed by atoms with Gasteiger partial charge in [-0.2, -0.15) is 0 Å². The molecule has 0 saturated heterocycles. The van der Waals surface area contributed by atoms with Crippen molar-refractivity contribution in [1.29, 1.82) is 0 Å². The molecule has 2 heterocycles. The first-order valence-corrected chi connectivity index (χ1v) is 9.19. The van der Waals surface area contributed by atoms with Crippen LogP contribution in [0.4, 0.5) is 0 Å². The van der Waals surface area contributed by atoms with Crippen molar-refractivity contribution in [2.75, 3.05) is 0 Å². The Balaban J connectivity index is 1.71. The van der Waals surface area contributed by atoms with E-state index in [-0.39, 0.29) is 12.0 Å². The summed E-state index contributed by atoms with van der Waals surface area (Å²) in [5.41, 5.74) is 2.37. The van der Waals surface area contributed by atoms with Crippen LogP contribution in [0.5, 0.6) is 0 Å². The fourth-order valence-corrected chi connectivity index (χ4v) is 4.18. The van der Waals surface area contributed by atoms with E-state index in [2.05, 4.69) is 6.08 Å². The molecule has 3 aliphatic rings. The van der Waals surface area contributed by atoms with Crippen LogP contribution in [0.15, 0.2) is 77.3 Å². The number of nitrogens with zero attached hydrogens (tertiary/aromatic N) is 2. The van der Waals surface area contributed by atoms with Crippen molar-refractivity contribution in [1.82, 2.24) is 0 Å². The normalized spacial score (nSPS) is 26.7. The van der Waals surface area contributed by atoms with E-state index in [1.165, 1.54) is 5.57 Å². The van der Waals surface area contributed by atoms with Crippen LogP contribution in [-0.4, -0.2) is 10.7 Å². The van der Waals surface area contributed by atoms with Gasteiger partial charge in [0.15, 0.2) is 0 Å². The topological polar surface area (TPSA) is 47.7 Å². The molecule has 2 aliphatic heterocycles. The summed E-state index contributed by atoms with van der Waals surface area (Å²) < 4.78 is 7.78. The molecule has 0 N–H and O–H groups in total. The number of hydrogen-bond donors (Lipinski definition) is 0. The Bertz CT molecular complexity index is 963. The second-order valence-electron chi connectivity index (χ2n) is 6.86. The first kappa shape index (κ1) is 15.6. The number of rotatable bonds is 2. The van der Waals surface area contributed by atoms with Crippen molar-refractivity contribution in [3.63, 3.8) is 0 Å². The van der Waals surface area contributed by atoms with Gasteiger partial charge in [-0.15, -0.1) is 0 Å². The third-order valence-electron chi connectivity index (χ3n) is 5.28. The van der Waals surface area contributed by atoms with Crippen LogP contribution in [0.1, 0.15) is 30.4 Å². The Kier molecular flexibility index (Phi) is 3.44. The number of azo groups is 2. The Hall–Kier alpha value is -2.59. The molecule has 2 aromatic carbocycles. The summed E-state index contributed by atoms with van der Waals surface area (Å²) in [6, 6.07) is 17.2. The lowest BCUT2D eigenvalue weighted by Gasteiger charge is -2.30. The fraction of sp³-hybridized carbons (Fsp3) is 0.238. The van der Waals surface area contributed by atoms with Crippen LogP contribution in [0.25, 0.3) is 5.70 Å². The maximum absolute atomic E-state index is 12.9. The molecule has 1 aliphatic carbocycles. The summed E-state index contributed by atoms with van der Waals surface area (Å²) in [4.78, 5) is 0. The third-order valence-corrected chi connectivity index (χ3v) is 5.53. The van der Waals surface area contributed by atoms with Gasteiger partial charge in [0.05, 0.1) is 5.56 Å². The second kappa shape index (κ2) is 5.71. The molecule has 1 saturated carbocycles. The van der Waals surface area contributed by atoms with Crippen molar-refractivity contribution < 1.29 is 14.5 Å². The molecule has 0 unspecified atom stereocenters. The van der Waals surface area contributed by atoms with Crippen molar-refractivity contribution in [3.8, 4) is 0 Å². The zero-order valence-corrected chi connectivity index (χ0v) is 14.8. The molecule has 4 nitrogen and oxygen atoms in total. The molecule has 0 spiro atoms. The van der Waals surface area contributed by atoms with E-state index in [1.54, 1.807) is 4.70 Å². The van der Waals surface area contributed by atoms with Gasteiger partial charge < -0.3 is 9.84 Å². The summed E-state index contributed by atoms with van der Waals surface area (Å²) in [6.45, 7) is 0. The smallest absolute Gasteiger partial charge is 0.302 e. The summed E-state index contributed by atoms with van der Waals surface area (Å²) in [6.07, 6.45) is 5.21. The monoisotopic (exact) mass is 364 g/mol. The van der Waals surface area contributed by atoms with Gasteiger partial charge in [0.2, 0.25) is 0 Å². The molecular formula is C21H17ClN2O2. The minimum Gasteiger partial charge on any atom is -0.542 e. The molecule has 5 rings (SSSR count). The van der Waals surface area contributed by atoms with Crippen molar-refractivity contribution in [2.45, 2.75) is 31.0 Å². The van der Waals surface area contributed by atoms with E-state index in [9.17, 15) is 5.11 Å². The second-order valence-corrected chi connectivity index (χ2v) is 7.30. The standard InChI is InChI=1S/C21H17ClN2O2/c22-17-11-9-16(10-12-17)21-13-15-7-4-8-18(15)23-24(21)19(20(25)26-21)14-5-2-1-3-6-14/h1-3,5-6,9-13,18H,4,7-8H2/t18-,21-/m1/s1. The number of benzene rings is 2. The highest BCUT2D eigenvalue weighted by Crippen LogP contribution is 2.48. The van der Waals surface area contributed by atoms with E-state index >= 15 is 0 Å². The summed E-state index contributed by atoms with van der Waals surface area (Å²) >= 11 is 6.07. The average molecular weight is 365 g/mol. The van der Waals surface area contributed by atoms with Crippen LogP contribution < -0.4 is 5.11 Å². The van der Waals surface area contributed by atoms with Crippen molar-refractivity contribution in [2.24, 2.45) is 5.11 Å². The molecule has 0 aromatic heterocycles. The fourth-order valence-electron chi connectivity index (χ4n) is 4.05. The van der Waals surface area contributed by atoms with Crippen LogP contribution >= 0.6 is 11.6 Å². The zero-order chi connectivity index (χ0) is 17.7. The largest absolute Gasteiger partial charge is 0.542 e. The minimum absolute atomic E-state index is 0.128. The molecule has 0 amide bonds. The predicted molar refractivity (Wildman–Crippen MR) is 96.0 cm³/mol. The highest BCUT2D eigenvalue weighted by Gasteiger charge is 2.53. The highest BCUT2D eigenvalue weighted by molar-refractivity contribution is 6.30. The maximum Gasteiger partial charge on any atom is 0.302 e. The third kappa shape index (κ3) is 2.22. The molecule has 0 radical (unpaired) electrons. The van der Waals surface area contributed by atoms with Gasteiger partial charge in [-0.1, -0.05) is 34.5 Å². The van der Waals surface area contributed by atoms with Gasteiger partial charge in [-0.3, -0.25) is 0 Å². The molecule has 1 fully saturated rings. The lowest BCUT2D eigenvalue weighted by molar-refractivity contribution is -0.627. The van der Waals surface area contributed by atoms with Crippen molar-refractivity contribution >= 4 is 17.3 Å². The Labute approximate surface area is 156 Å². The first-order chi connectivity index (χ1) is 12.7. The Morgan fingerprint density at radius 3 is 2.65 bits per heavy atom. The number of hydrogen-bond acceptors (Lipinski definition) is 3. The SMILES string of the molecule is [O-]C1=C(c2ccccc2)[N+]2=N[C@@H]3CCCC3=C[C@]2(c2ccc(Cl)cc2)O1. The van der Waals surface area contributed by atoms with E-state index in [0.717, 1.165) is 30.4 Å². The lowest BCUT2D eigenvalue weighted by Crippen LogP contribution is -2.38. The number of fused-ring (bicyclic) bond motifs is 2. The summed E-state index contributed by atoms with van der Waals surface area (Å²) in [5.74, 6) is -0.355. The van der Waals surface area contributed by atoms with Gasteiger partial charge in [-0.25, -0.2) is 0 Å². The zero-order valence-electron chi connectivity index (χ0n) is 14.1. The van der Waals surface area contributed by atoms with Crippen LogP contribution in [0, 0.1) is 0 Å². The van der Waals surface area contributed by atoms with Crippen molar-refractivity contribution in [3.05, 3.63) is 88.3 Å². The molecular weight excluding hydrogens is 348 g/mol. The van der Waals surface area contributed by atoms with Gasteiger partial charge in [0.1, 0.15) is 12.0 Å². The molecule has 130 valence electrons. The molecule has 0 bridgehead atoms. The molecule has 26 heavy (non-hydrogen) atoms. The van der Waals surface area contributed by atoms with E-state index in [1.807, 2.05) is 54.6 Å². The molecule has 2 atom stereocenters. The van der Waals surface area contributed by atoms with E-state index in [0.29, 0.717) is 10.7 Å². The number of halogens is 1. The highest BCUT2D eigenvalue weighted by atomic mass is 35.5. The van der Waals surface area contributed by atoms with Crippen LogP contribution in [0.3, 0.4) is 0 Å². The lowest BCUT2D eigenvalue weighted by atomic mass is 9.95. The van der Waals surface area contributed by atoms with Crippen LogP contribution in [0.2, 0.25) is 5.02 Å². The molecule has 2 aromatic rings. The predicted octanol–water partition coefficient (Wildman–Crippen LogP) is 4.17. The first-order valence-electron chi connectivity index (χ1n) is 8.82. The van der Waals surface area contributed by atoms with Gasteiger partial charge >= 0.3 is 5.72 Å². The quantitative estimate of drug-likeness (QED) is 0.593. The summed E-state index contributed by atoms with van der Waals surface area (Å²) in [7, 11) is 0. The van der Waals surface area contributed by atoms with E-state index < -0.39 is 5.72 Å². The van der Waals surface area contributed by atoms with Gasteiger partial charge in [0, 0.05) is 16.7 Å². The van der Waals surface area contributed by atoms with Gasteiger partial charge in [0.25, 0.3) is 5.70 Å². The number of ether oxygens (including phenoxy) is 1.